The van der Waals surface area contributed by atoms with Gasteiger partial charge in [0.2, 0.25) is 5.91 Å². The predicted octanol–water partition coefficient (Wildman–Crippen LogP) is 3.61. The van der Waals surface area contributed by atoms with Crippen molar-refractivity contribution in [2.45, 2.75) is 25.7 Å². The molecule has 1 fully saturated rings. The first-order valence-corrected chi connectivity index (χ1v) is 9.87. The number of nitriles is 1. The standard InChI is InChI=1S/C23H19F2N5O2/c1-13-20(11-27-14(2)29-13)32-12-23(16-5-17(24)7-18(25)6-16)8-19(23)22(31)30-21-4-3-15(9-26)10-28-21/h3-7,10-11,19H,8,12H2,1-2H3,(H,28,30,31). The Hall–Kier alpha value is -3.93. The van der Waals surface area contributed by atoms with Crippen LogP contribution in [0, 0.1) is 42.7 Å². The number of hydrogen-bond donors (Lipinski definition) is 1. The maximum absolute atomic E-state index is 14.0. The smallest absolute Gasteiger partial charge is 0.229 e. The van der Waals surface area contributed by atoms with Gasteiger partial charge in [0.15, 0.2) is 5.75 Å². The fourth-order valence-electron chi connectivity index (χ4n) is 3.72. The molecule has 0 spiro atoms. The van der Waals surface area contributed by atoms with Crippen LogP contribution in [0.15, 0.2) is 42.7 Å². The Bertz CT molecular complexity index is 1210. The Morgan fingerprint density at radius 3 is 2.59 bits per heavy atom. The van der Waals surface area contributed by atoms with Crippen molar-refractivity contribution < 1.29 is 18.3 Å². The second-order valence-corrected chi connectivity index (χ2v) is 7.76. The molecular formula is C23H19F2N5O2. The van der Waals surface area contributed by atoms with Crippen molar-refractivity contribution in [2.75, 3.05) is 11.9 Å². The van der Waals surface area contributed by atoms with Crippen LogP contribution in [-0.2, 0) is 10.2 Å². The summed E-state index contributed by atoms with van der Waals surface area (Å²) >= 11 is 0. The molecule has 0 saturated heterocycles. The number of rotatable bonds is 6. The molecule has 1 saturated carbocycles. The lowest BCUT2D eigenvalue weighted by Gasteiger charge is -2.20. The molecule has 1 amide bonds. The zero-order chi connectivity index (χ0) is 22.9. The summed E-state index contributed by atoms with van der Waals surface area (Å²) in [7, 11) is 0. The second-order valence-electron chi connectivity index (χ2n) is 7.76. The van der Waals surface area contributed by atoms with E-state index in [0.717, 1.165) is 6.07 Å². The van der Waals surface area contributed by atoms with Crippen LogP contribution in [0.2, 0.25) is 0 Å². The molecule has 1 aliphatic carbocycles. The number of aromatic nitrogens is 3. The fraction of sp³-hybridized carbons (Fsp3) is 0.261. The average Bonchev–Trinajstić information content (AvgIpc) is 3.49. The Morgan fingerprint density at radius 2 is 1.97 bits per heavy atom. The van der Waals surface area contributed by atoms with Crippen molar-refractivity contribution in [3.63, 3.8) is 0 Å². The van der Waals surface area contributed by atoms with Crippen LogP contribution in [0.5, 0.6) is 5.75 Å². The van der Waals surface area contributed by atoms with Crippen LogP contribution in [0.4, 0.5) is 14.6 Å². The SMILES string of the molecule is Cc1ncc(OCC2(c3cc(F)cc(F)c3)CC2C(=O)Nc2ccc(C#N)cn2)c(C)n1. The van der Waals surface area contributed by atoms with E-state index in [-0.39, 0.29) is 18.3 Å². The summed E-state index contributed by atoms with van der Waals surface area (Å²) in [6, 6.07) is 8.24. The number of nitrogens with zero attached hydrogens (tertiary/aromatic N) is 4. The quantitative estimate of drug-likeness (QED) is 0.635. The largest absolute Gasteiger partial charge is 0.489 e. The van der Waals surface area contributed by atoms with Crippen LogP contribution < -0.4 is 10.1 Å². The molecule has 0 aliphatic heterocycles. The van der Waals surface area contributed by atoms with E-state index in [1.54, 1.807) is 13.8 Å². The lowest BCUT2D eigenvalue weighted by atomic mass is 9.93. The first-order valence-electron chi connectivity index (χ1n) is 9.87. The van der Waals surface area contributed by atoms with E-state index < -0.39 is 23.0 Å². The van der Waals surface area contributed by atoms with Crippen LogP contribution in [0.25, 0.3) is 0 Å². The van der Waals surface area contributed by atoms with Gasteiger partial charge in [-0.25, -0.2) is 23.7 Å². The minimum Gasteiger partial charge on any atom is -0.489 e. The number of hydrogen-bond acceptors (Lipinski definition) is 6. The van der Waals surface area contributed by atoms with Gasteiger partial charge in [0.05, 0.1) is 30.0 Å². The van der Waals surface area contributed by atoms with Crippen LogP contribution in [0.1, 0.15) is 29.1 Å². The van der Waals surface area contributed by atoms with Gasteiger partial charge in [0.25, 0.3) is 0 Å². The van der Waals surface area contributed by atoms with Crippen LogP contribution in [0.3, 0.4) is 0 Å². The molecule has 1 aromatic carbocycles. The van der Waals surface area contributed by atoms with E-state index >= 15 is 0 Å². The van der Waals surface area contributed by atoms with Gasteiger partial charge in [-0.15, -0.1) is 0 Å². The molecule has 4 rings (SSSR count). The molecule has 0 bridgehead atoms. The highest BCUT2D eigenvalue weighted by Crippen LogP contribution is 2.55. The Labute approximate surface area is 183 Å². The monoisotopic (exact) mass is 435 g/mol. The fourth-order valence-corrected chi connectivity index (χ4v) is 3.72. The van der Waals surface area contributed by atoms with Crippen molar-refractivity contribution in [3.8, 4) is 11.8 Å². The summed E-state index contributed by atoms with van der Waals surface area (Å²) in [5.74, 6) is -1.09. The molecule has 2 unspecified atom stereocenters. The first-order chi connectivity index (χ1) is 15.3. The molecule has 1 N–H and O–H groups in total. The summed E-state index contributed by atoms with van der Waals surface area (Å²) in [6.45, 7) is 3.54. The van der Waals surface area contributed by atoms with Gasteiger partial charge in [0, 0.05) is 17.7 Å². The molecule has 7 nitrogen and oxygen atoms in total. The van der Waals surface area contributed by atoms with Crippen LogP contribution in [-0.4, -0.2) is 27.5 Å². The zero-order valence-electron chi connectivity index (χ0n) is 17.4. The van der Waals surface area contributed by atoms with Crippen molar-refractivity contribution in [1.29, 1.82) is 5.26 Å². The normalized spacial score (nSPS) is 19.2. The number of anilines is 1. The Kier molecular flexibility index (Phi) is 5.53. The minimum atomic E-state index is -0.920. The zero-order valence-corrected chi connectivity index (χ0v) is 17.4. The molecule has 2 aromatic heterocycles. The first kappa shape index (κ1) is 21.3. The topological polar surface area (TPSA) is 101 Å². The molecule has 0 radical (unpaired) electrons. The van der Waals surface area contributed by atoms with Crippen molar-refractivity contribution in [2.24, 2.45) is 5.92 Å². The van der Waals surface area contributed by atoms with E-state index in [9.17, 15) is 13.6 Å². The van der Waals surface area contributed by atoms with Crippen molar-refractivity contribution >= 4 is 11.7 Å². The predicted molar refractivity (Wildman–Crippen MR) is 111 cm³/mol. The molecule has 3 aromatic rings. The number of carbonyl (C=O) groups is 1. The molecule has 1 aliphatic rings. The molecule has 2 heterocycles. The Morgan fingerprint density at radius 1 is 1.22 bits per heavy atom. The van der Waals surface area contributed by atoms with Gasteiger partial charge < -0.3 is 10.1 Å². The van der Waals surface area contributed by atoms with E-state index in [0.29, 0.717) is 34.8 Å². The average molecular weight is 435 g/mol. The van der Waals surface area contributed by atoms with Gasteiger partial charge in [-0.1, -0.05) is 0 Å². The molecule has 32 heavy (non-hydrogen) atoms. The molecule has 9 heteroatoms. The Balaban J connectivity index is 1.58. The highest BCUT2D eigenvalue weighted by atomic mass is 19.1. The molecular weight excluding hydrogens is 416 g/mol. The number of benzene rings is 1. The third-order valence-electron chi connectivity index (χ3n) is 5.51. The maximum atomic E-state index is 14.0. The number of amides is 1. The number of aryl methyl sites for hydroxylation is 2. The summed E-state index contributed by atoms with van der Waals surface area (Å²) < 4.78 is 33.8. The number of carbonyl (C=O) groups excluding carboxylic acids is 1. The van der Waals surface area contributed by atoms with E-state index in [2.05, 4.69) is 20.3 Å². The van der Waals surface area contributed by atoms with E-state index in [1.807, 2.05) is 6.07 Å². The second kappa shape index (κ2) is 8.30. The maximum Gasteiger partial charge on any atom is 0.229 e. The van der Waals surface area contributed by atoms with Gasteiger partial charge in [-0.2, -0.15) is 5.26 Å². The summed E-state index contributed by atoms with van der Waals surface area (Å²) in [5, 5.41) is 11.6. The minimum absolute atomic E-state index is 0.0159. The third-order valence-corrected chi connectivity index (χ3v) is 5.51. The number of halogens is 2. The highest BCUT2D eigenvalue weighted by Gasteiger charge is 2.60. The summed E-state index contributed by atoms with van der Waals surface area (Å²) in [4.78, 5) is 25.3. The van der Waals surface area contributed by atoms with Crippen molar-refractivity contribution in [1.82, 2.24) is 15.0 Å². The van der Waals surface area contributed by atoms with E-state index in [4.69, 9.17) is 10.00 Å². The third kappa shape index (κ3) is 4.25. The number of nitrogens with one attached hydrogen (secondary N) is 1. The number of ether oxygens (including phenoxy) is 1. The summed E-state index contributed by atoms with van der Waals surface area (Å²) in [6.07, 6.45) is 3.22. The van der Waals surface area contributed by atoms with Gasteiger partial charge in [0.1, 0.15) is 29.3 Å². The molecule has 2 atom stereocenters. The lowest BCUT2D eigenvalue weighted by molar-refractivity contribution is -0.117. The van der Waals surface area contributed by atoms with Crippen LogP contribution >= 0.6 is 0 Å². The summed E-state index contributed by atoms with van der Waals surface area (Å²) in [5.41, 5.74) is 0.412. The van der Waals surface area contributed by atoms with Gasteiger partial charge >= 0.3 is 0 Å². The van der Waals surface area contributed by atoms with E-state index in [1.165, 1.54) is 36.7 Å². The number of pyridine rings is 1. The van der Waals surface area contributed by atoms with Gasteiger partial charge in [-0.3, -0.25) is 4.79 Å². The lowest BCUT2D eigenvalue weighted by Crippen LogP contribution is -2.27. The molecule has 162 valence electrons. The van der Waals surface area contributed by atoms with Gasteiger partial charge in [-0.05, 0) is 50.1 Å². The van der Waals surface area contributed by atoms with Crippen molar-refractivity contribution in [3.05, 3.63) is 77.0 Å². The highest BCUT2D eigenvalue weighted by molar-refractivity contribution is 5.95.